The van der Waals surface area contributed by atoms with Crippen LogP contribution >= 0.6 is 11.5 Å². The summed E-state index contributed by atoms with van der Waals surface area (Å²) in [6.45, 7) is 0. The van der Waals surface area contributed by atoms with E-state index in [1.165, 1.54) is 17.1 Å². The molecule has 2 aromatic rings. The van der Waals surface area contributed by atoms with Gasteiger partial charge in [-0.05, 0) is 18.4 Å². The summed E-state index contributed by atoms with van der Waals surface area (Å²) in [5, 5.41) is 0.562. The number of aromatic nitrogens is 2. The molecule has 1 aliphatic rings. The maximum Gasteiger partial charge on any atom is 0.199 e. The molecule has 0 bridgehead atoms. The summed E-state index contributed by atoms with van der Waals surface area (Å²) in [5.74, 6) is 0.899. The molecule has 1 fully saturated rings. The molecule has 1 heterocycles. The molecule has 4 heteroatoms. The number of nitrogen functional groups attached to an aromatic ring is 1. The monoisotopic (exact) mass is 217 g/mol. The average molecular weight is 217 g/mol. The Hall–Kier alpha value is -1.42. The van der Waals surface area contributed by atoms with Crippen molar-refractivity contribution in [2.24, 2.45) is 0 Å². The highest BCUT2D eigenvalue weighted by atomic mass is 32.1. The van der Waals surface area contributed by atoms with Crippen molar-refractivity contribution < 1.29 is 0 Å². The number of rotatable bonds is 2. The van der Waals surface area contributed by atoms with Crippen LogP contribution in [0.4, 0.5) is 5.13 Å². The smallest absolute Gasteiger partial charge is 0.199 e. The zero-order chi connectivity index (χ0) is 10.3. The highest BCUT2D eigenvalue weighted by Gasteiger charge is 2.49. The van der Waals surface area contributed by atoms with Gasteiger partial charge in [-0.3, -0.25) is 0 Å². The summed E-state index contributed by atoms with van der Waals surface area (Å²) in [6.07, 6.45) is 2.26. The minimum atomic E-state index is 0.0649. The fourth-order valence-electron chi connectivity index (χ4n) is 1.95. The molecule has 2 N–H and O–H groups in total. The molecule has 3 nitrogen and oxygen atoms in total. The second-order valence-electron chi connectivity index (χ2n) is 3.90. The third kappa shape index (κ3) is 1.33. The molecule has 3 rings (SSSR count). The maximum absolute atomic E-state index is 5.63. The largest absolute Gasteiger partial charge is 0.374 e. The Labute approximate surface area is 92.1 Å². The SMILES string of the molecule is Nc1nc(C2(c3ccccc3)CC2)ns1. The Morgan fingerprint density at radius 3 is 2.47 bits per heavy atom. The highest BCUT2D eigenvalue weighted by molar-refractivity contribution is 7.09. The van der Waals surface area contributed by atoms with Gasteiger partial charge in [-0.25, -0.2) is 4.98 Å². The van der Waals surface area contributed by atoms with E-state index in [-0.39, 0.29) is 5.41 Å². The van der Waals surface area contributed by atoms with Gasteiger partial charge in [-0.1, -0.05) is 30.3 Å². The quantitative estimate of drug-likeness (QED) is 0.839. The van der Waals surface area contributed by atoms with Crippen molar-refractivity contribution in [3.05, 3.63) is 41.7 Å². The summed E-state index contributed by atoms with van der Waals surface area (Å²) >= 11 is 1.28. The zero-order valence-corrected chi connectivity index (χ0v) is 9.00. The lowest BCUT2D eigenvalue weighted by molar-refractivity contribution is 0.780. The molecular formula is C11H11N3S. The van der Waals surface area contributed by atoms with Crippen molar-refractivity contribution in [1.82, 2.24) is 9.36 Å². The van der Waals surface area contributed by atoms with E-state index in [2.05, 4.69) is 33.6 Å². The molecule has 76 valence electrons. The van der Waals surface area contributed by atoms with Gasteiger partial charge in [0.2, 0.25) is 0 Å². The number of hydrogen-bond acceptors (Lipinski definition) is 4. The summed E-state index contributed by atoms with van der Waals surface area (Å²) in [4.78, 5) is 4.31. The predicted octanol–water partition coefficient (Wildman–Crippen LogP) is 2.20. The zero-order valence-electron chi connectivity index (χ0n) is 8.18. The van der Waals surface area contributed by atoms with Crippen molar-refractivity contribution in [2.75, 3.05) is 5.73 Å². The first-order valence-electron chi connectivity index (χ1n) is 4.96. The average Bonchev–Trinajstić information content (AvgIpc) is 2.98. The van der Waals surface area contributed by atoms with E-state index in [9.17, 15) is 0 Å². The number of nitrogens with zero attached hydrogens (tertiary/aromatic N) is 2. The van der Waals surface area contributed by atoms with Gasteiger partial charge in [0, 0.05) is 11.5 Å². The van der Waals surface area contributed by atoms with Gasteiger partial charge in [0.25, 0.3) is 0 Å². The predicted molar refractivity (Wildman–Crippen MR) is 60.8 cm³/mol. The van der Waals surface area contributed by atoms with Gasteiger partial charge in [0.15, 0.2) is 11.0 Å². The van der Waals surface area contributed by atoms with Crippen LogP contribution in [0.1, 0.15) is 24.2 Å². The van der Waals surface area contributed by atoms with Crippen molar-refractivity contribution in [3.8, 4) is 0 Å². The van der Waals surface area contributed by atoms with Gasteiger partial charge >= 0.3 is 0 Å². The van der Waals surface area contributed by atoms with E-state index in [1.807, 2.05) is 6.07 Å². The Morgan fingerprint density at radius 2 is 1.93 bits per heavy atom. The highest BCUT2D eigenvalue weighted by Crippen LogP contribution is 2.52. The Kier molecular flexibility index (Phi) is 1.79. The van der Waals surface area contributed by atoms with E-state index < -0.39 is 0 Å². The molecule has 0 radical (unpaired) electrons. The lowest BCUT2D eigenvalue weighted by atomic mass is 9.95. The van der Waals surface area contributed by atoms with Crippen LogP contribution in [-0.4, -0.2) is 9.36 Å². The van der Waals surface area contributed by atoms with Crippen molar-refractivity contribution in [3.63, 3.8) is 0 Å². The first kappa shape index (κ1) is 8.85. The molecule has 1 aromatic carbocycles. The Balaban J connectivity index is 2.05. The lowest BCUT2D eigenvalue weighted by Gasteiger charge is -2.10. The van der Waals surface area contributed by atoms with Crippen LogP contribution in [0.2, 0.25) is 0 Å². The first-order chi connectivity index (χ1) is 7.31. The number of hydrogen-bond donors (Lipinski definition) is 1. The van der Waals surface area contributed by atoms with Crippen LogP contribution in [-0.2, 0) is 5.41 Å². The second-order valence-corrected chi connectivity index (χ2v) is 4.69. The lowest BCUT2D eigenvalue weighted by Crippen LogP contribution is -2.10. The summed E-state index contributed by atoms with van der Waals surface area (Å²) in [5.41, 5.74) is 7.00. The van der Waals surface area contributed by atoms with Gasteiger partial charge in [-0.15, -0.1) is 0 Å². The standard InChI is InChI=1S/C11H11N3S/c12-10-13-9(14-15-10)11(6-7-11)8-4-2-1-3-5-8/h1-5H,6-7H2,(H2,12,13,14). The van der Waals surface area contributed by atoms with Gasteiger partial charge in [0.05, 0.1) is 5.41 Å². The van der Waals surface area contributed by atoms with E-state index in [0.717, 1.165) is 18.7 Å². The normalized spacial score (nSPS) is 17.6. The van der Waals surface area contributed by atoms with E-state index in [1.54, 1.807) is 0 Å². The van der Waals surface area contributed by atoms with Crippen LogP contribution in [0.3, 0.4) is 0 Å². The molecule has 0 unspecified atom stereocenters. The molecule has 0 spiro atoms. The molecule has 15 heavy (non-hydrogen) atoms. The van der Waals surface area contributed by atoms with E-state index in [4.69, 9.17) is 5.73 Å². The molecule has 1 saturated carbocycles. The molecular weight excluding hydrogens is 206 g/mol. The minimum Gasteiger partial charge on any atom is -0.374 e. The van der Waals surface area contributed by atoms with Gasteiger partial charge < -0.3 is 5.73 Å². The molecule has 0 amide bonds. The fraction of sp³-hybridized carbons (Fsp3) is 0.273. The van der Waals surface area contributed by atoms with Crippen LogP contribution in [0.25, 0.3) is 0 Å². The molecule has 0 atom stereocenters. The Morgan fingerprint density at radius 1 is 1.20 bits per heavy atom. The number of anilines is 1. The third-order valence-electron chi connectivity index (χ3n) is 2.95. The molecule has 1 aromatic heterocycles. The molecule has 0 saturated heterocycles. The van der Waals surface area contributed by atoms with Crippen LogP contribution in [0, 0.1) is 0 Å². The summed E-state index contributed by atoms with van der Waals surface area (Å²) < 4.78 is 4.33. The summed E-state index contributed by atoms with van der Waals surface area (Å²) in [7, 11) is 0. The second kappa shape index (κ2) is 3.03. The van der Waals surface area contributed by atoms with Crippen molar-refractivity contribution in [1.29, 1.82) is 0 Å². The number of benzene rings is 1. The van der Waals surface area contributed by atoms with Crippen molar-refractivity contribution >= 4 is 16.7 Å². The van der Waals surface area contributed by atoms with Crippen LogP contribution in [0.5, 0.6) is 0 Å². The molecule has 1 aliphatic carbocycles. The van der Waals surface area contributed by atoms with E-state index in [0.29, 0.717) is 5.13 Å². The summed E-state index contributed by atoms with van der Waals surface area (Å²) in [6, 6.07) is 10.4. The first-order valence-corrected chi connectivity index (χ1v) is 5.74. The van der Waals surface area contributed by atoms with E-state index >= 15 is 0 Å². The van der Waals surface area contributed by atoms with Crippen molar-refractivity contribution in [2.45, 2.75) is 18.3 Å². The van der Waals surface area contributed by atoms with Gasteiger partial charge in [-0.2, -0.15) is 4.37 Å². The Bertz CT molecular complexity index is 474. The third-order valence-corrected chi connectivity index (χ3v) is 3.49. The number of nitrogens with two attached hydrogens (primary N) is 1. The topological polar surface area (TPSA) is 51.8 Å². The van der Waals surface area contributed by atoms with Gasteiger partial charge in [0.1, 0.15) is 0 Å². The maximum atomic E-state index is 5.63. The minimum absolute atomic E-state index is 0.0649. The van der Waals surface area contributed by atoms with Crippen LogP contribution in [0.15, 0.2) is 30.3 Å². The molecule has 0 aliphatic heterocycles. The fourth-order valence-corrected chi connectivity index (χ4v) is 2.48. The van der Waals surface area contributed by atoms with Crippen LogP contribution < -0.4 is 5.73 Å².